The monoisotopic (exact) mass is 1660 g/mol. The smallest absolute Gasteiger partial charge is 0.360 e. The fourth-order valence-electron chi connectivity index (χ4n) is 20.5. The Labute approximate surface area is 705 Å². The highest BCUT2D eigenvalue weighted by Crippen LogP contribution is 2.48. The third kappa shape index (κ3) is 22.3. The first-order valence-electron chi connectivity index (χ1n) is 41.6. The van der Waals surface area contributed by atoms with E-state index in [2.05, 4.69) is 45.0 Å². The third-order valence-electron chi connectivity index (χ3n) is 25.7. The molecule has 3 unspecified atom stereocenters. The van der Waals surface area contributed by atoms with E-state index in [0.29, 0.717) is 70.9 Å². The Morgan fingerprint density at radius 3 is 0.863 bits per heavy atom. The zero-order valence-electron chi connectivity index (χ0n) is 67.5. The molecular formula is C90H138Cl2N12O13. The Bertz CT molecular complexity index is 4480. The zero-order valence-corrected chi connectivity index (χ0v) is 69.1. The van der Waals surface area contributed by atoms with Gasteiger partial charge in [0.05, 0.1) is 47.3 Å². The van der Waals surface area contributed by atoms with Crippen LogP contribution in [0.4, 0.5) is 0 Å². The highest BCUT2D eigenvalue weighted by molar-refractivity contribution is 5.98. The molecule has 9 aliphatic rings. The molecule has 6 saturated heterocycles. The van der Waals surface area contributed by atoms with Gasteiger partial charge in [0, 0.05) is 72.5 Å². The number of fused-ring (bicyclic) bond motifs is 9. The van der Waals surface area contributed by atoms with Crippen LogP contribution in [-0.4, -0.2) is 174 Å². The number of para-hydroxylation sites is 6. The van der Waals surface area contributed by atoms with Gasteiger partial charge in [0.25, 0.3) is 28.5 Å². The number of carbonyl (C=O) groups is 6. The molecule has 9 atom stereocenters. The van der Waals surface area contributed by atoms with Crippen LogP contribution in [0.5, 0.6) is 0 Å². The van der Waals surface area contributed by atoms with Crippen LogP contribution in [-0.2, 0) is 23.9 Å². The second kappa shape index (κ2) is 43.0. The van der Waals surface area contributed by atoms with Crippen molar-refractivity contribution >= 4 is 93.6 Å². The van der Waals surface area contributed by atoms with E-state index in [1.807, 2.05) is 71.3 Å². The summed E-state index contributed by atoms with van der Waals surface area (Å²) in [4.78, 5) is 134. The van der Waals surface area contributed by atoms with Gasteiger partial charge in [-0.15, -0.1) is 24.8 Å². The Morgan fingerprint density at radius 1 is 0.368 bits per heavy atom. The highest BCUT2D eigenvalue weighted by Gasteiger charge is 2.49. The van der Waals surface area contributed by atoms with E-state index in [1.54, 1.807) is 42.9 Å². The largest absolute Gasteiger partial charge is 0.480 e. The second-order valence-corrected chi connectivity index (χ2v) is 34.7. The lowest BCUT2D eigenvalue weighted by atomic mass is 9.89. The maximum atomic E-state index is 13.9. The summed E-state index contributed by atoms with van der Waals surface area (Å²) in [6.45, 7) is 9.10. The first-order valence-corrected chi connectivity index (χ1v) is 41.6. The number of aromatic nitrogens is 6. The molecule has 6 aromatic rings. The number of nitrogens with zero attached hydrogens (tertiary/aromatic N) is 9. The zero-order chi connectivity index (χ0) is 79.1. The summed E-state index contributed by atoms with van der Waals surface area (Å²) in [5, 5.41) is 24.1. The fourth-order valence-corrected chi connectivity index (χ4v) is 20.5. The van der Waals surface area contributed by atoms with Crippen molar-refractivity contribution in [3.05, 3.63) is 121 Å². The number of nitrogens with two attached hydrogens (primary N) is 1. The molecule has 25 nitrogen and oxygen atoms in total. The lowest BCUT2D eigenvalue weighted by Crippen LogP contribution is -2.52. The lowest BCUT2D eigenvalue weighted by Gasteiger charge is -2.45. The van der Waals surface area contributed by atoms with Crippen LogP contribution in [0.25, 0.3) is 33.1 Å². The molecule has 15 rings (SSSR count). The van der Waals surface area contributed by atoms with Crippen LogP contribution in [0.2, 0.25) is 0 Å². The van der Waals surface area contributed by atoms with Crippen LogP contribution in [0.15, 0.2) is 87.2 Å². The summed E-state index contributed by atoms with van der Waals surface area (Å²) in [7, 11) is 2.59. The molecule has 6 N–H and O–H groups in total. The highest BCUT2D eigenvalue weighted by atomic mass is 35.5. The number of rotatable bonds is 14. The lowest BCUT2D eigenvalue weighted by molar-refractivity contribution is -0.147. The maximum Gasteiger partial charge on any atom is 0.360 e. The quantitative estimate of drug-likeness (QED) is 0.0633. The number of carbonyl (C=O) groups excluding carboxylic acids is 4. The average molecular weight is 1670 g/mol. The fraction of sp³-hybridized carbons (Fsp3) is 0.667. The van der Waals surface area contributed by atoms with E-state index in [4.69, 9.17) is 10.5 Å². The number of aliphatic carboxylic acids is 1. The van der Waals surface area contributed by atoms with Crippen molar-refractivity contribution in [2.75, 3.05) is 14.2 Å². The number of aromatic carboxylic acids is 1. The van der Waals surface area contributed by atoms with Gasteiger partial charge in [-0.1, -0.05) is 162 Å². The van der Waals surface area contributed by atoms with Crippen LogP contribution in [0, 0.1) is 0 Å². The molecule has 3 aromatic carbocycles. The third-order valence-corrected chi connectivity index (χ3v) is 25.7. The van der Waals surface area contributed by atoms with E-state index < -0.39 is 63.4 Å². The van der Waals surface area contributed by atoms with Gasteiger partial charge in [0.15, 0.2) is 11.4 Å². The minimum Gasteiger partial charge on any atom is -0.480 e. The van der Waals surface area contributed by atoms with E-state index in [-0.39, 0.29) is 95.3 Å². The normalized spacial score (nSPS) is 24.0. The van der Waals surface area contributed by atoms with Gasteiger partial charge in [0.1, 0.15) is 16.6 Å². The van der Waals surface area contributed by atoms with E-state index in [9.17, 15) is 53.4 Å². The number of benzene rings is 3. The average Bonchev–Trinajstić information content (AvgIpc) is 1.75. The molecule has 9 fully saturated rings. The molecule has 6 aliphatic heterocycles. The van der Waals surface area contributed by atoms with Crippen molar-refractivity contribution in [3.8, 4) is 0 Å². The molecule has 2 amide bonds. The van der Waals surface area contributed by atoms with Crippen LogP contribution < -0.4 is 33.0 Å². The Morgan fingerprint density at radius 2 is 0.615 bits per heavy atom. The summed E-state index contributed by atoms with van der Waals surface area (Å²) in [5.74, 6) is -4.79. The molecule has 9 heterocycles. The molecule has 0 spiro atoms. The standard InChI is InChI=1S/C29H40N4O4.C28H38N4O4.C24H31N3O3.C5H11NO2.4CH4.2ClH/c1-29(2,28(36)37-3)31-26(34)25-27(35)33(24-14-10-9-13-23(24)30-25)22-17-20-15-16-21(18-22)32(20)19-11-7-5-4-6-8-12-19;1-28(2,27(35)36)30-25(33)24-26(34)32(23-13-9-8-12-22(23)29-24)21-16-19-14-15-20(17-21)31(19)18-10-6-4-3-5-7-11-18;28-23-22(24(29)30)25-20-10-6-7-11-21(20)27(23)19-14-17-12-13-18(15-19)26(17)16-8-4-2-1-3-5-9-16;1-5(2,6)4(7)8-3;;;;;;/h9-10,13-14,19-22H,4-8,11-12,15-18H2,1-3H3,(H,31,34);8-9,12-13,18-21H,3-7,10-11,14-17H2,1-2H3,(H,30,33)(H,35,36);6-7,10-11,16-19H,1-5,8-9,12-15H2,(H,29,30);6H2,1-3H3;4*1H4;2*1H/t20-,21+,22?;19-,20+,21?;17-,18+,19?;;;;;;;. The molecule has 6 bridgehead atoms. The number of hydrogen-bond donors (Lipinski definition) is 5. The van der Waals surface area contributed by atoms with Crippen molar-refractivity contribution < 1.29 is 48.5 Å². The number of carboxylic acids is 2. The molecule has 3 saturated carbocycles. The number of halogens is 2. The topological polar surface area (TPSA) is 326 Å². The summed E-state index contributed by atoms with van der Waals surface area (Å²) >= 11 is 0. The number of methoxy groups -OCH3 is 2. The van der Waals surface area contributed by atoms with Crippen LogP contribution in [0.3, 0.4) is 0 Å². The predicted molar refractivity (Wildman–Crippen MR) is 468 cm³/mol. The number of amides is 2. The molecule has 0 radical (unpaired) electrons. The molecular weight excluding hydrogens is 1530 g/mol. The maximum absolute atomic E-state index is 13.9. The van der Waals surface area contributed by atoms with Crippen molar-refractivity contribution in [2.45, 2.75) is 372 Å². The number of hydrogen-bond acceptors (Lipinski definition) is 18. The van der Waals surface area contributed by atoms with E-state index in [1.165, 1.54) is 189 Å². The van der Waals surface area contributed by atoms with Crippen molar-refractivity contribution in [2.24, 2.45) is 5.73 Å². The summed E-state index contributed by atoms with van der Waals surface area (Å²) in [6.07, 6.45) is 40.4. The van der Waals surface area contributed by atoms with Gasteiger partial charge in [-0.3, -0.25) is 43.5 Å². The number of esters is 2. The van der Waals surface area contributed by atoms with Gasteiger partial charge in [-0.2, -0.15) is 0 Å². The number of piperidine rings is 3. The molecule has 3 aliphatic carbocycles. The van der Waals surface area contributed by atoms with Crippen molar-refractivity contribution in [1.82, 2.24) is 54.0 Å². The second-order valence-electron chi connectivity index (χ2n) is 34.7. The Balaban J connectivity index is 0.000000255. The SMILES string of the molecule is C.C.C.C.CC(C)(NC(=O)c1nc2ccccc2n(C2C[C@H]3CC[C@@H](C2)N3C2CCCCCCC2)c1=O)C(=O)O.COC(=O)C(C)(C)N.COC(=O)C(C)(C)NC(=O)c1nc2ccccc2n(C2C[C@H]3CC[C@@H](C2)N3C2CCCCCCC2)c1=O.Cl.Cl.O=C(O)c1nc2ccccc2n(C2C[C@H]3CC[C@@H](C2)N3C2CCCCCCC2)c1=O. The van der Waals surface area contributed by atoms with Crippen LogP contribution >= 0.6 is 24.8 Å². The predicted octanol–water partition coefficient (Wildman–Crippen LogP) is 16.3. The molecule has 650 valence electrons. The van der Waals surface area contributed by atoms with Gasteiger partial charge < -0.3 is 49.8 Å². The number of carboxylic acid groups (broad SMARTS) is 2. The van der Waals surface area contributed by atoms with Gasteiger partial charge in [-0.25, -0.2) is 29.3 Å². The Hall–Kier alpha value is -7.68. The number of ether oxygens (including phenoxy) is 2. The molecule has 3 aromatic heterocycles. The van der Waals surface area contributed by atoms with Crippen LogP contribution in [0.1, 0.15) is 333 Å². The van der Waals surface area contributed by atoms with Gasteiger partial charge in [0.2, 0.25) is 5.69 Å². The van der Waals surface area contributed by atoms with E-state index in [0.717, 1.165) is 67.9 Å². The first kappa shape index (κ1) is 98.1. The number of nitrogens with one attached hydrogen (secondary N) is 2. The Kier molecular flexibility index (Phi) is 36.1. The summed E-state index contributed by atoms with van der Waals surface area (Å²) in [5.41, 5.74) is 3.66. The van der Waals surface area contributed by atoms with Gasteiger partial charge in [-0.05, 0) is 194 Å². The van der Waals surface area contributed by atoms with Crippen molar-refractivity contribution in [3.63, 3.8) is 0 Å². The van der Waals surface area contributed by atoms with Gasteiger partial charge >= 0.3 is 23.9 Å². The summed E-state index contributed by atoms with van der Waals surface area (Å²) < 4.78 is 14.5. The molecule has 27 heteroatoms. The first-order chi connectivity index (χ1) is 53.2. The minimum absolute atomic E-state index is 0. The minimum atomic E-state index is -1.51. The summed E-state index contributed by atoms with van der Waals surface area (Å²) in [6, 6.07) is 27.4. The van der Waals surface area contributed by atoms with E-state index >= 15 is 0 Å². The van der Waals surface area contributed by atoms with Crippen molar-refractivity contribution in [1.29, 1.82) is 0 Å². The molecule has 117 heavy (non-hydrogen) atoms.